The summed E-state index contributed by atoms with van der Waals surface area (Å²) in [6.07, 6.45) is 4.79. The highest BCUT2D eigenvalue weighted by molar-refractivity contribution is 5.79. The number of guanidine groups is 1. The highest BCUT2D eigenvalue weighted by Crippen LogP contribution is 2.13. The van der Waals surface area contributed by atoms with E-state index in [0.717, 1.165) is 64.9 Å². The molecule has 7 nitrogen and oxygen atoms in total. The van der Waals surface area contributed by atoms with E-state index in [1.165, 1.54) is 11.1 Å². The summed E-state index contributed by atoms with van der Waals surface area (Å²) in [4.78, 5) is 6.78. The molecule has 0 unspecified atom stereocenters. The van der Waals surface area contributed by atoms with Crippen LogP contribution in [-0.2, 0) is 24.4 Å². The predicted molar refractivity (Wildman–Crippen MR) is 108 cm³/mol. The minimum Gasteiger partial charge on any atom is -0.379 e. The van der Waals surface area contributed by atoms with Gasteiger partial charge in [-0.15, -0.1) is 0 Å². The SMILES string of the molecule is CN=C(NCCCn1cccn1)NCc1ccccc1CN1CCOCC1. The first-order chi connectivity index (χ1) is 13.3. The minimum absolute atomic E-state index is 0.763. The van der Waals surface area contributed by atoms with Gasteiger partial charge in [0.2, 0.25) is 0 Å². The Balaban J connectivity index is 1.44. The number of benzene rings is 1. The molecule has 2 heterocycles. The lowest BCUT2D eigenvalue weighted by Gasteiger charge is -2.27. The quantitative estimate of drug-likeness (QED) is 0.418. The molecule has 146 valence electrons. The topological polar surface area (TPSA) is 66.7 Å². The molecule has 0 amide bonds. The van der Waals surface area contributed by atoms with Gasteiger partial charge in [0.15, 0.2) is 5.96 Å². The maximum absolute atomic E-state index is 5.45. The molecule has 2 N–H and O–H groups in total. The second kappa shape index (κ2) is 10.7. The number of aliphatic imine (C=N–C) groups is 1. The summed E-state index contributed by atoms with van der Waals surface area (Å²) < 4.78 is 7.39. The van der Waals surface area contributed by atoms with Crippen LogP contribution < -0.4 is 10.6 Å². The van der Waals surface area contributed by atoms with Gasteiger partial charge < -0.3 is 15.4 Å². The molecule has 1 aromatic heterocycles. The van der Waals surface area contributed by atoms with Crippen molar-refractivity contribution in [1.82, 2.24) is 25.3 Å². The zero-order valence-electron chi connectivity index (χ0n) is 16.1. The second-order valence-corrected chi connectivity index (χ2v) is 6.63. The Kier molecular flexibility index (Phi) is 7.68. The summed E-state index contributed by atoms with van der Waals surface area (Å²) in [5.74, 6) is 0.830. The van der Waals surface area contributed by atoms with E-state index in [1.54, 1.807) is 0 Å². The maximum Gasteiger partial charge on any atom is 0.191 e. The van der Waals surface area contributed by atoms with Gasteiger partial charge in [-0.3, -0.25) is 14.6 Å². The number of hydrogen-bond donors (Lipinski definition) is 2. The molecular weight excluding hydrogens is 340 g/mol. The molecule has 1 aliphatic heterocycles. The Labute approximate surface area is 161 Å². The van der Waals surface area contributed by atoms with Crippen molar-refractivity contribution < 1.29 is 4.74 Å². The standard InChI is InChI=1S/C20H30N6O/c1-21-20(22-8-4-10-26-11-5-9-24-26)23-16-18-6-2-3-7-19(18)17-25-12-14-27-15-13-25/h2-3,5-7,9,11H,4,8,10,12-17H2,1H3,(H2,21,22,23). The van der Waals surface area contributed by atoms with Gasteiger partial charge in [-0.25, -0.2) is 0 Å². The first-order valence-corrected chi connectivity index (χ1v) is 9.64. The Hall–Kier alpha value is -2.38. The summed E-state index contributed by atoms with van der Waals surface area (Å²) in [7, 11) is 1.81. The van der Waals surface area contributed by atoms with Crippen molar-refractivity contribution in [3.8, 4) is 0 Å². The van der Waals surface area contributed by atoms with E-state index in [1.807, 2.05) is 30.2 Å². The van der Waals surface area contributed by atoms with Crippen LogP contribution in [-0.4, -0.2) is 60.5 Å². The lowest BCUT2D eigenvalue weighted by atomic mass is 10.1. The van der Waals surface area contributed by atoms with E-state index in [-0.39, 0.29) is 0 Å². The summed E-state index contributed by atoms with van der Waals surface area (Å²) >= 11 is 0. The zero-order chi connectivity index (χ0) is 18.7. The molecule has 0 aliphatic carbocycles. The van der Waals surface area contributed by atoms with Crippen LogP contribution in [0.15, 0.2) is 47.7 Å². The van der Waals surface area contributed by atoms with Crippen molar-refractivity contribution in [2.24, 2.45) is 4.99 Å². The van der Waals surface area contributed by atoms with Crippen LogP contribution in [0, 0.1) is 0 Å². The summed E-state index contributed by atoms with van der Waals surface area (Å²) in [5, 5.41) is 11.0. The zero-order valence-corrected chi connectivity index (χ0v) is 16.1. The molecule has 0 spiro atoms. The van der Waals surface area contributed by atoms with Gasteiger partial charge in [0.1, 0.15) is 0 Å². The van der Waals surface area contributed by atoms with Crippen molar-refractivity contribution in [1.29, 1.82) is 0 Å². The number of morpholine rings is 1. The maximum atomic E-state index is 5.45. The molecule has 0 bridgehead atoms. The van der Waals surface area contributed by atoms with Crippen LogP contribution in [0.3, 0.4) is 0 Å². The number of ether oxygens (including phenoxy) is 1. The van der Waals surface area contributed by atoms with Crippen molar-refractivity contribution in [2.75, 3.05) is 39.9 Å². The number of rotatable bonds is 8. The lowest BCUT2D eigenvalue weighted by molar-refractivity contribution is 0.0341. The van der Waals surface area contributed by atoms with Crippen LogP contribution in [0.1, 0.15) is 17.5 Å². The molecule has 1 saturated heterocycles. The van der Waals surface area contributed by atoms with E-state index in [9.17, 15) is 0 Å². The Bertz CT molecular complexity index is 694. The summed E-state index contributed by atoms with van der Waals surface area (Å²) in [5.41, 5.74) is 2.67. The average Bonchev–Trinajstić information content (AvgIpc) is 3.23. The molecule has 3 rings (SSSR count). The summed E-state index contributed by atoms with van der Waals surface area (Å²) in [6, 6.07) is 10.6. The smallest absolute Gasteiger partial charge is 0.191 e. The van der Waals surface area contributed by atoms with Crippen LogP contribution in [0.4, 0.5) is 0 Å². The van der Waals surface area contributed by atoms with E-state index in [2.05, 4.69) is 49.9 Å². The van der Waals surface area contributed by atoms with Gasteiger partial charge in [0.05, 0.1) is 13.2 Å². The lowest BCUT2D eigenvalue weighted by Crippen LogP contribution is -2.38. The minimum atomic E-state index is 0.763. The average molecular weight is 371 g/mol. The molecule has 0 radical (unpaired) electrons. The van der Waals surface area contributed by atoms with Gasteiger partial charge in [-0.05, 0) is 23.6 Å². The van der Waals surface area contributed by atoms with Crippen molar-refractivity contribution in [2.45, 2.75) is 26.1 Å². The number of hydrogen-bond acceptors (Lipinski definition) is 4. The van der Waals surface area contributed by atoms with Crippen molar-refractivity contribution >= 4 is 5.96 Å². The fourth-order valence-corrected chi connectivity index (χ4v) is 3.16. The third-order valence-electron chi connectivity index (χ3n) is 4.70. The van der Waals surface area contributed by atoms with E-state index in [0.29, 0.717) is 0 Å². The molecule has 2 aromatic rings. The fourth-order valence-electron chi connectivity index (χ4n) is 3.16. The number of nitrogens with zero attached hydrogens (tertiary/aromatic N) is 4. The van der Waals surface area contributed by atoms with Gasteiger partial charge in [-0.1, -0.05) is 24.3 Å². The van der Waals surface area contributed by atoms with Crippen LogP contribution in [0.5, 0.6) is 0 Å². The molecule has 1 aliphatic rings. The second-order valence-electron chi connectivity index (χ2n) is 6.63. The third-order valence-corrected chi connectivity index (χ3v) is 4.70. The number of aryl methyl sites for hydroxylation is 1. The largest absolute Gasteiger partial charge is 0.379 e. The molecule has 0 atom stereocenters. The van der Waals surface area contributed by atoms with E-state index >= 15 is 0 Å². The fraction of sp³-hybridized carbons (Fsp3) is 0.500. The molecule has 7 heteroatoms. The van der Waals surface area contributed by atoms with Crippen LogP contribution in [0.25, 0.3) is 0 Å². The first kappa shape index (κ1) is 19.4. The van der Waals surface area contributed by atoms with E-state index in [4.69, 9.17) is 4.74 Å². The Morgan fingerprint density at radius 1 is 1.15 bits per heavy atom. The Morgan fingerprint density at radius 2 is 1.96 bits per heavy atom. The normalized spacial score (nSPS) is 15.7. The highest BCUT2D eigenvalue weighted by Gasteiger charge is 2.12. The third kappa shape index (κ3) is 6.37. The highest BCUT2D eigenvalue weighted by atomic mass is 16.5. The van der Waals surface area contributed by atoms with Gasteiger partial charge in [-0.2, -0.15) is 5.10 Å². The molecule has 1 aromatic carbocycles. The summed E-state index contributed by atoms with van der Waals surface area (Å²) in [6.45, 7) is 7.15. The van der Waals surface area contributed by atoms with Crippen LogP contribution in [0.2, 0.25) is 0 Å². The number of nitrogens with one attached hydrogen (secondary N) is 2. The predicted octanol–water partition coefficient (Wildman–Crippen LogP) is 1.47. The van der Waals surface area contributed by atoms with Crippen molar-refractivity contribution in [3.63, 3.8) is 0 Å². The molecular formula is C20H30N6O. The molecule has 0 saturated carbocycles. The monoisotopic (exact) mass is 370 g/mol. The van der Waals surface area contributed by atoms with Gasteiger partial charge in [0.25, 0.3) is 0 Å². The van der Waals surface area contributed by atoms with Gasteiger partial charge in [0, 0.05) is 58.7 Å². The van der Waals surface area contributed by atoms with Crippen molar-refractivity contribution in [3.05, 3.63) is 53.9 Å². The van der Waals surface area contributed by atoms with E-state index < -0.39 is 0 Å². The van der Waals surface area contributed by atoms with Crippen LogP contribution >= 0.6 is 0 Å². The molecule has 27 heavy (non-hydrogen) atoms. The first-order valence-electron chi connectivity index (χ1n) is 9.64. The van der Waals surface area contributed by atoms with Gasteiger partial charge >= 0.3 is 0 Å². The Morgan fingerprint density at radius 3 is 2.70 bits per heavy atom. The number of aromatic nitrogens is 2. The molecule has 1 fully saturated rings.